The number of halogens is 2. The molecule has 0 aliphatic heterocycles. The highest BCUT2D eigenvalue weighted by Crippen LogP contribution is 2.13. The fraction of sp³-hybridized carbons (Fsp3) is 0.417. The molecule has 2 N–H and O–H groups in total. The Balaban J connectivity index is 2.67. The third-order valence-corrected chi connectivity index (χ3v) is 2.85. The molecule has 1 aromatic carbocycles. The van der Waals surface area contributed by atoms with Gasteiger partial charge in [0.05, 0.1) is 4.99 Å². The van der Waals surface area contributed by atoms with Crippen molar-refractivity contribution in [3.63, 3.8) is 0 Å². The molecule has 1 aromatic rings. The highest BCUT2D eigenvalue weighted by molar-refractivity contribution is 7.80. The van der Waals surface area contributed by atoms with Crippen LogP contribution in [0.1, 0.15) is 18.9 Å². The number of nitrogens with zero attached hydrogens (tertiary/aromatic N) is 1. The van der Waals surface area contributed by atoms with E-state index in [1.54, 1.807) is 0 Å². The molecule has 0 aliphatic rings. The SMILES string of the molecule is CC(CC(N)=S)N(C)Cc1ccc(F)cc1F. The molecule has 17 heavy (non-hydrogen) atoms. The Hall–Kier alpha value is -1.07. The van der Waals surface area contributed by atoms with E-state index >= 15 is 0 Å². The first kappa shape index (κ1) is 14.0. The summed E-state index contributed by atoms with van der Waals surface area (Å²) in [4.78, 5) is 2.36. The van der Waals surface area contributed by atoms with Crippen LogP contribution in [0, 0.1) is 11.6 Å². The van der Waals surface area contributed by atoms with E-state index in [2.05, 4.69) is 0 Å². The lowest BCUT2D eigenvalue weighted by Gasteiger charge is -2.24. The number of hydrogen-bond donors (Lipinski definition) is 1. The first-order valence-electron chi connectivity index (χ1n) is 5.32. The van der Waals surface area contributed by atoms with Gasteiger partial charge in [-0.25, -0.2) is 8.78 Å². The summed E-state index contributed by atoms with van der Waals surface area (Å²) in [5.74, 6) is -1.09. The van der Waals surface area contributed by atoms with Crippen LogP contribution >= 0.6 is 12.2 Å². The fourth-order valence-electron chi connectivity index (χ4n) is 1.52. The van der Waals surface area contributed by atoms with E-state index in [1.165, 1.54) is 12.1 Å². The molecule has 0 fully saturated rings. The van der Waals surface area contributed by atoms with E-state index in [1.807, 2.05) is 18.9 Å². The quantitative estimate of drug-likeness (QED) is 0.823. The van der Waals surface area contributed by atoms with Crippen LogP contribution in [-0.2, 0) is 6.54 Å². The summed E-state index contributed by atoms with van der Waals surface area (Å²) in [5.41, 5.74) is 5.92. The molecule has 0 heterocycles. The molecule has 0 spiro atoms. The first-order valence-corrected chi connectivity index (χ1v) is 5.73. The smallest absolute Gasteiger partial charge is 0.130 e. The van der Waals surface area contributed by atoms with Crippen molar-refractivity contribution in [2.45, 2.75) is 25.9 Å². The zero-order valence-corrected chi connectivity index (χ0v) is 10.7. The molecule has 0 amide bonds. The van der Waals surface area contributed by atoms with Crippen LogP contribution in [0.4, 0.5) is 8.78 Å². The lowest BCUT2D eigenvalue weighted by molar-refractivity contribution is 0.251. The second-order valence-corrected chi connectivity index (χ2v) is 4.69. The summed E-state index contributed by atoms with van der Waals surface area (Å²) >= 11 is 4.83. The van der Waals surface area contributed by atoms with Gasteiger partial charge in [0, 0.05) is 30.6 Å². The highest BCUT2D eigenvalue weighted by atomic mass is 32.1. The summed E-state index contributed by atoms with van der Waals surface area (Å²) in [6.45, 7) is 2.36. The third-order valence-electron chi connectivity index (χ3n) is 2.68. The van der Waals surface area contributed by atoms with Crippen LogP contribution in [0.2, 0.25) is 0 Å². The molecule has 1 rings (SSSR count). The van der Waals surface area contributed by atoms with Crippen LogP contribution in [0.5, 0.6) is 0 Å². The molecule has 0 aliphatic carbocycles. The molecule has 0 bridgehead atoms. The Labute approximate surface area is 105 Å². The van der Waals surface area contributed by atoms with Gasteiger partial charge in [0.2, 0.25) is 0 Å². The van der Waals surface area contributed by atoms with E-state index in [0.717, 1.165) is 6.07 Å². The molecule has 0 aromatic heterocycles. The molecule has 94 valence electrons. The average molecular weight is 258 g/mol. The molecule has 0 saturated carbocycles. The van der Waals surface area contributed by atoms with Gasteiger partial charge in [0.25, 0.3) is 0 Å². The van der Waals surface area contributed by atoms with E-state index < -0.39 is 11.6 Å². The highest BCUT2D eigenvalue weighted by Gasteiger charge is 2.13. The molecule has 2 nitrogen and oxygen atoms in total. The Kier molecular flexibility index (Phi) is 4.96. The minimum atomic E-state index is -0.565. The summed E-state index contributed by atoms with van der Waals surface area (Å²) in [6, 6.07) is 3.72. The summed E-state index contributed by atoms with van der Waals surface area (Å²) < 4.78 is 26.1. The number of hydrogen-bond acceptors (Lipinski definition) is 2. The number of nitrogens with two attached hydrogens (primary N) is 1. The summed E-state index contributed by atoms with van der Waals surface area (Å²) in [5, 5.41) is 0. The standard InChI is InChI=1S/C12H16F2N2S/c1-8(5-12(15)17)16(2)7-9-3-4-10(13)6-11(9)14/h3-4,6,8H,5,7H2,1-2H3,(H2,15,17). The maximum absolute atomic E-state index is 13.4. The fourth-order valence-corrected chi connectivity index (χ4v) is 1.76. The average Bonchev–Trinajstić information content (AvgIpc) is 2.21. The van der Waals surface area contributed by atoms with Crippen molar-refractivity contribution in [1.82, 2.24) is 4.90 Å². The van der Waals surface area contributed by atoms with Gasteiger partial charge in [-0.1, -0.05) is 18.3 Å². The third kappa shape index (κ3) is 4.36. The minimum Gasteiger partial charge on any atom is -0.393 e. The number of thiocarbonyl (C=S) groups is 1. The minimum absolute atomic E-state index is 0.122. The van der Waals surface area contributed by atoms with Crippen LogP contribution in [0.3, 0.4) is 0 Å². The van der Waals surface area contributed by atoms with Crippen molar-refractivity contribution >= 4 is 17.2 Å². The van der Waals surface area contributed by atoms with Gasteiger partial charge in [-0.15, -0.1) is 0 Å². The van der Waals surface area contributed by atoms with Gasteiger partial charge in [-0.3, -0.25) is 4.90 Å². The molecule has 1 unspecified atom stereocenters. The van der Waals surface area contributed by atoms with Gasteiger partial charge >= 0.3 is 0 Å². The second kappa shape index (κ2) is 6.02. The molecular weight excluding hydrogens is 242 g/mol. The van der Waals surface area contributed by atoms with Gasteiger partial charge in [0.1, 0.15) is 11.6 Å². The number of benzene rings is 1. The van der Waals surface area contributed by atoms with E-state index in [0.29, 0.717) is 23.5 Å². The van der Waals surface area contributed by atoms with Crippen LogP contribution in [-0.4, -0.2) is 23.0 Å². The van der Waals surface area contributed by atoms with Gasteiger partial charge in [0.15, 0.2) is 0 Å². The second-order valence-electron chi connectivity index (χ2n) is 4.17. The van der Waals surface area contributed by atoms with E-state index in [4.69, 9.17) is 18.0 Å². The van der Waals surface area contributed by atoms with Crippen LogP contribution in [0.15, 0.2) is 18.2 Å². The van der Waals surface area contributed by atoms with Crippen molar-refractivity contribution in [2.75, 3.05) is 7.05 Å². The normalized spacial score (nSPS) is 12.8. The van der Waals surface area contributed by atoms with Crippen LogP contribution in [0.25, 0.3) is 0 Å². The lowest BCUT2D eigenvalue weighted by atomic mass is 10.1. The molecule has 5 heteroatoms. The predicted molar refractivity (Wildman–Crippen MR) is 68.7 cm³/mol. The largest absolute Gasteiger partial charge is 0.393 e. The van der Waals surface area contributed by atoms with Crippen molar-refractivity contribution in [3.8, 4) is 0 Å². The monoisotopic (exact) mass is 258 g/mol. The van der Waals surface area contributed by atoms with Gasteiger partial charge in [-0.2, -0.15) is 0 Å². The topological polar surface area (TPSA) is 29.3 Å². The van der Waals surface area contributed by atoms with Crippen molar-refractivity contribution in [3.05, 3.63) is 35.4 Å². The maximum atomic E-state index is 13.4. The van der Waals surface area contributed by atoms with Crippen molar-refractivity contribution in [2.24, 2.45) is 5.73 Å². The zero-order chi connectivity index (χ0) is 13.0. The Morgan fingerprint density at radius 2 is 2.12 bits per heavy atom. The Bertz CT molecular complexity index is 409. The molecule has 1 atom stereocenters. The van der Waals surface area contributed by atoms with Gasteiger partial charge < -0.3 is 5.73 Å². The van der Waals surface area contributed by atoms with Crippen molar-refractivity contribution in [1.29, 1.82) is 0 Å². The summed E-state index contributed by atoms with van der Waals surface area (Å²) in [6.07, 6.45) is 0.578. The summed E-state index contributed by atoms with van der Waals surface area (Å²) in [7, 11) is 1.85. The lowest BCUT2D eigenvalue weighted by Crippen LogP contribution is -2.32. The van der Waals surface area contributed by atoms with Crippen LogP contribution < -0.4 is 5.73 Å². The Morgan fingerprint density at radius 1 is 1.47 bits per heavy atom. The molecular formula is C12H16F2N2S. The van der Waals surface area contributed by atoms with E-state index in [-0.39, 0.29) is 6.04 Å². The van der Waals surface area contributed by atoms with E-state index in [9.17, 15) is 8.78 Å². The maximum Gasteiger partial charge on any atom is 0.130 e. The first-order chi connectivity index (χ1) is 7.90. The Morgan fingerprint density at radius 3 is 2.65 bits per heavy atom. The zero-order valence-electron chi connectivity index (χ0n) is 9.91. The molecule has 0 saturated heterocycles. The number of rotatable bonds is 5. The predicted octanol–water partition coefficient (Wildman–Crippen LogP) is 2.46. The molecule has 0 radical (unpaired) electrons. The van der Waals surface area contributed by atoms with Crippen molar-refractivity contribution < 1.29 is 8.78 Å². The van der Waals surface area contributed by atoms with Gasteiger partial charge in [-0.05, 0) is 20.0 Å².